The van der Waals surface area contributed by atoms with Gasteiger partial charge >= 0.3 is 0 Å². The molecule has 0 aliphatic carbocycles. The summed E-state index contributed by atoms with van der Waals surface area (Å²) in [6.45, 7) is 7.10. The number of rotatable bonds is 5. The van der Waals surface area contributed by atoms with E-state index < -0.39 is 17.2 Å². The Bertz CT molecular complexity index is 1340. The number of hydrogen-bond donors (Lipinski definition) is 0. The standard InChI is InChI=1S/C23H16F2N4O/c1-3-14-8-16(11-27-20(14)4-2)15-9-18(24)17(19(25)10-15)13-29-22(30)12-28-21-6-5-7-26-23(21)29/h3-12H,1-2,13H2. The summed E-state index contributed by atoms with van der Waals surface area (Å²) in [6.07, 6.45) is 7.30. The SMILES string of the molecule is C=Cc1cc(-c2cc(F)c(Cn3c(=O)cnc4cccnc43)c(F)c2)cnc1C=C. The van der Waals surface area contributed by atoms with Crippen LogP contribution in [-0.2, 0) is 6.54 Å². The molecule has 0 atom stereocenters. The largest absolute Gasteiger partial charge is 0.285 e. The minimum Gasteiger partial charge on any atom is -0.285 e. The molecule has 3 aromatic heterocycles. The van der Waals surface area contributed by atoms with E-state index in [1.807, 2.05) is 0 Å². The summed E-state index contributed by atoms with van der Waals surface area (Å²) >= 11 is 0. The fourth-order valence-corrected chi connectivity index (χ4v) is 3.21. The molecule has 0 aliphatic heterocycles. The van der Waals surface area contributed by atoms with Crippen LogP contribution in [0.3, 0.4) is 0 Å². The second-order valence-electron chi connectivity index (χ2n) is 6.55. The summed E-state index contributed by atoms with van der Waals surface area (Å²) in [5.41, 5.74) is 2.17. The van der Waals surface area contributed by atoms with E-state index in [0.717, 1.165) is 6.20 Å². The summed E-state index contributed by atoms with van der Waals surface area (Å²) in [4.78, 5) is 24.6. The Morgan fingerprint density at radius 3 is 2.43 bits per heavy atom. The summed E-state index contributed by atoms with van der Waals surface area (Å²) in [5.74, 6) is -1.54. The molecule has 0 aliphatic rings. The Hall–Kier alpha value is -4.00. The van der Waals surface area contributed by atoms with Gasteiger partial charge in [-0.15, -0.1) is 0 Å². The van der Waals surface area contributed by atoms with Crippen molar-refractivity contribution in [1.82, 2.24) is 19.5 Å². The molecule has 148 valence electrons. The van der Waals surface area contributed by atoms with Gasteiger partial charge in [0.15, 0.2) is 5.65 Å². The lowest BCUT2D eigenvalue weighted by Gasteiger charge is -2.12. The first-order valence-corrected chi connectivity index (χ1v) is 9.05. The molecule has 0 unspecified atom stereocenters. The molecule has 30 heavy (non-hydrogen) atoms. The molecule has 0 saturated heterocycles. The average molecular weight is 402 g/mol. The van der Waals surface area contributed by atoms with E-state index in [9.17, 15) is 13.6 Å². The number of fused-ring (bicyclic) bond motifs is 1. The Balaban J connectivity index is 1.78. The Kier molecular flexibility index (Phi) is 5.02. The Morgan fingerprint density at radius 1 is 0.967 bits per heavy atom. The van der Waals surface area contributed by atoms with Crippen LogP contribution < -0.4 is 5.56 Å². The van der Waals surface area contributed by atoms with Crippen molar-refractivity contribution in [1.29, 1.82) is 0 Å². The monoisotopic (exact) mass is 402 g/mol. The first-order chi connectivity index (χ1) is 14.5. The van der Waals surface area contributed by atoms with Crippen molar-refractivity contribution in [3.8, 4) is 11.1 Å². The third kappa shape index (κ3) is 3.41. The van der Waals surface area contributed by atoms with Crippen LogP contribution in [0.1, 0.15) is 16.8 Å². The van der Waals surface area contributed by atoms with Crippen LogP contribution in [0.2, 0.25) is 0 Å². The molecular weight excluding hydrogens is 386 g/mol. The van der Waals surface area contributed by atoms with Crippen molar-refractivity contribution < 1.29 is 8.78 Å². The number of hydrogen-bond acceptors (Lipinski definition) is 4. The van der Waals surface area contributed by atoms with Gasteiger partial charge in [0.1, 0.15) is 17.2 Å². The second-order valence-corrected chi connectivity index (χ2v) is 6.55. The zero-order chi connectivity index (χ0) is 21.3. The minimum atomic E-state index is -0.772. The maximum atomic E-state index is 14.9. The number of nitrogens with zero attached hydrogens (tertiary/aromatic N) is 4. The van der Waals surface area contributed by atoms with Gasteiger partial charge in [-0.1, -0.05) is 19.2 Å². The van der Waals surface area contributed by atoms with E-state index in [1.54, 1.807) is 30.4 Å². The third-order valence-corrected chi connectivity index (χ3v) is 4.76. The third-order valence-electron chi connectivity index (χ3n) is 4.76. The number of pyridine rings is 2. The van der Waals surface area contributed by atoms with Crippen LogP contribution in [0, 0.1) is 11.6 Å². The molecule has 0 amide bonds. The molecule has 1 aromatic carbocycles. The molecule has 7 heteroatoms. The molecule has 0 fully saturated rings. The van der Waals surface area contributed by atoms with Crippen molar-refractivity contribution in [2.24, 2.45) is 0 Å². The van der Waals surface area contributed by atoms with Crippen molar-refractivity contribution in [2.45, 2.75) is 6.54 Å². The maximum absolute atomic E-state index is 14.9. The molecule has 4 aromatic rings. The van der Waals surface area contributed by atoms with E-state index in [-0.39, 0.29) is 17.8 Å². The predicted molar refractivity (Wildman–Crippen MR) is 113 cm³/mol. The van der Waals surface area contributed by atoms with Crippen molar-refractivity contribution >= 4 is 23.3 Å². The normalized spacial score (nSPS) is 10.9. The van der Waals surface area contributed by atoms with Crippen LogP contribution in [0.15, 0.2) is 66.9 Å². The number of halogens is 2. The lowest BCUT2D eigenvalue weighted by molar-refractivity contribution is 0.544. The maximum Gasteiger partial charge on any atom is 0.270 e. The summed E-state index contributed by atoms with van der Waals surface area (Å²) < 4.78 is 31.0. The molecule has 0 saturated carbocycles. The smallest absolute Gasteiger partial charge is 0.270 e. The summed E-state index contributed by atoms with van der Waals surface area (Å²) in [6, 6.07) is 7.51. The van der Waals surface area contributed by atoms with Gasteiger partial charge in [-0.3, -0.25) is 14.3 Å². The van der Waals surface area contributed by atoms with Gasteiger partial charge in [0.2, 0.25) is 0 Å². The first-order valence-electron chi connectivity index (χ1n) is 9.05. The molecule has 0 spiro atoms. The van der Waals surface area contributed by atoms with E-state index >= 15 is 0 Å². The van der Waals surface area contributed by atoms with Gasteiger partial charge in [0, 0.05) is 29.1 Å². The highest BCUT2D eigenvalue weighted by atomic mass is 19.1. The van der Waals surface area contributed by atoms with Gasteiger partial charge < -0.3 is 0 Å². The van der Waals surface area contributed by atoms with Gasteiger partial charge in [-0.05, 0) is 42.0 Å². The molecule has 5 nitrogen and oxygen atoms in total. The summed E-state index contributed by atoms with van der Waals surface area (Å²) in [7, 11) is 0. The molecule has 3 heterocycles. The van der Waals surface area contributed by atoms with Crippen molar-refractivity contribution in [3.05, 3.63) is 101 Å². The molecule has 4 rings (SSSR count). The quantitative estimate of drug-likeness (QED) is 0.494. The van der Waals surface area contributed by atoms with E-state index in [2.05, 4.69) is 28.1 Å². The van der Waals surface area contributed by atoms with Crippen molar-refractivity contribution in [2.75, 3.05) is 0 Å². The number of aromatic nitrogens is 4. The topological polar surface area (TPSA) is 60.7 Å². The molecule has 0 N–H and O–H groups in total. The van der Waals surface area contributed by atoms with Gasteiger partial charge in [-0.2, -0.15) is 0 Å². The average Bonchev–Trinajstić information content (AvgIpc) is 2.76. The minimum absolute atomic E-state index is 0.237. The lowest BCUT2D eigenvalue weighted by Crippen LogP contribution is -2.23. The predicted octanol–water partition coefficient (Wildman–Crippen LogP) is 4.47. The van der Waals surface area contributed by atoms with Crippen LogP contribution in [0.4, 0.5) is 8.78 Å². The zero-order valence-corrected chi connectivity index (χ0v) is 15.8. The van der Waals surface area contributed by atoms with Crippen LogP contribution in [0.5, 0.6) is 0 Å². The fraction of sp³-hybridized carbons (Fsp3) is 0.0435. The lowest BCUT2D eigenvalue weighted by atomic mass is 10.0. The van der Waals surface area contributed by atoms with E-state index in [0.29, 0.717) is 27.9 Å². The van der Waals surface area contributed by atoms with E-state index in [4.69, 9.17) is 0 Å². The van der Waals surface area contributed by atoms with Crippen molar-refractivity contribution in [3.63, 3.8) is 0 Å². The molecule has 0 radical (unpaired) electrons. The van der Waals surface area contributed by atoms with Gasteiger partial charge in [-0.25, -0.2) is 18.7 Å². The highest BCUT2D eigenvalue weighted by molar-refractivity contribution is 5.71. The zero-order valence-electron chi connectivity index (χ0n) is 15.8. The Morgan fingerprint density at radius 2 is 1.73 bits per heavy atom. The van der Waals surface area contributed by atoms with Crippen LogP contribution >= 0.6 is 0 Å². The van der Waals surface area contributed by atoms with Gasteiger partial charge in [0.05, 0.1) is 18.4 Å². The van der Waals surface area contributed by atoms with E-state index in [1.165, 1.54) is 29.1 Å². The van der Waals surface area contributed by atoms with Crippen LogP contribution in [-0.4, -0.2) is 19.5 Å². The van der Waals surface area contributed by atoms with Crippen LogP contribution in [0.25, 0.3) is 34.4 Å². The highest BCUT2D eigenvalue weighted by Gasteiger charge is 2.16. The summed E-state index contributed by atoms with van der Waals surface area (Å²) in [5, 5.41) is 0. The molecule has 0 bridgehead atoms. The molecular formula is C23H16F2N4O. The fourth-order valence-electron chi connectivity index (χ4n) is 3.21. The van der Waals surface area contributed by atoms with Gasteiger partial charge in [0.25, 0.3) is 5.56 Å². The Labute approximate surface area is 170 Å². The second kappa shape index (κ2) is 7.79. The number of benzene rings is 1. The highest BCUT2D eigenvalue weighted by Crippen LogP contribution is 2.27. The first kappa shape index (κ1) is 19.3.